The molecule has 1 heterocycles. The Labute approximate surface area is 73.9 Å². The van der Waals surface area contributed by atoms with Crippen LogP contribution in [0.25, 0.3) is 0 Å². The third kappa shape index (κ3) is 2.42. The molecule has 1 aromatic rings. The number of rotatable bonds is 3. The lowest BCUT2D eigenvalue weighted by atomic mass is 10.2. The molecule has 1 rings (SSSR count). The van der Waals surface area contributed by atoms with E-state index in [9.17, 15) is 4.21 Å². The lowest BCUT2D eigenvalue weighted by molar-refractivity contribution is 0.521. The third-order valence-electron chi connectivity index (χ3n) is 1.36. The molecule has 0 bridgehead atoms. The lowest BCUT2D eigenvalue weighted by Gasteiger charge is -2.03. The summed E-state index contributed by atoms with van der Waals surface area (Å²) >= 11 is -1.95. The molecule has 0 spiro atoms. The van der Waals surface area contributed by atoms with Gasteiger partial charge in [-0.1, -0.05) is 13.8 Å². The topological polar surface area (TPSA) is 55.1 Å². The highest BCUT2D eigenvalue weighted by molar-refractivity contribution is 7.79. The van der Waals surface area contributed by atoms with E-state index in [0.29, 0.717) is 5.92 Å². The molecule has 0 aliphatic carbocycles. The average molecular weight is 188 g/mol. The van der Waals surface area contributed by atoms with Crippen LogP contribution < -0.4 is 0 Å². The van der Waals surface area contributed by atoms with Crippen molar-refractivity contribution in [3.63, 3.8) is 0 Å². The van der Waals surface area contributed by atoms with Gasteiger partial charge in [0.15, 0.2) is 5.03 Å². The molecule has 0 aliphatic rings. The number of nitrogens with zero attached hydrogens (tertiary/aromatic N) is 2. The van der Waals surface area contributed by atoms with E-state index in [1.165, 1.54) is 0 Å². The Morgan fingerprint density at radius 1 is 1.75 bits per heavy atom. The molecule has 0 aliphatic heterocycles. The molecule has 0 amide bonds. The van der Waals surface area contributed by atoms with Gasteiger partial charge in [-0.3, -0.25) is 0 Å². The van der Waals surface area contributed by atoms with Gasteiger partial charge in [-0.15, -0.1) is 0 Å². The standard InChI is InChI=1S/C7H12N2O2S/c1-6(2)3-9-4-7(8-5-9)12(10)11/h4-6H,3H2,1-2H3,(H,10,11). The molecule has 12 heavy (non-hydrogen) atoms. The van der Waals surface area contributed by atoms with Crippen molar-refractivity contribution < 1.29 is 8.76 Å². The average Bonchev–Trinajstić information content (AvgIpc) is 2.34. The van der Waals surface area contributed by atoms with E-state index in [-0.39, 0.29) is 5.03 Å². The first kappa shape index (κ1) is 9.41. The van der Waals surface area contributed by atoms with Crippen LogP contribution in [0.2, 0.25) is 0 Å². The molecular weight excluding hydrogens is 176 g/mol. The van der Waals surface area contributed by atoms with Crippen molar-refractivity contribution in [3.8, 4) is 0 Å². The van der Waals surface area contributed by atoms with E-state index in [1.807, 2.05) is 4.57 Å². The predicted molar refractivity (Wildman–Crippen MR) is 46.1 cm³/mol. The Kier molecular flexibility index (Phi) is 2.99. The molecule has 5 heteroatoms. The second kappa shape index (κ2) is 3.82. The third-order valence-corrected chi connectivity index (χ3v) is 1.93. The van der Waals surface area contributed by atoms with Crippen LogP contribution in [-0.4, -0.2) is 18.3 Å². The molecule has 0 aromatic carbocycles. The second-order valence-electron chi connectivity index (χ2n) is 3.05. The van der Waals surface area contributed by atoms with E-state index in [4.69, 9.17) is 4.55 Å². The van der Waals surface area contributed by atoms with Crippen LogP contribution in [0, 0.1) is 5.92 Å². The summed E-state index contributed by atoms with van der Waals surface area (Å²) in [6.45, 7) is 4.98. The Hall–Kier alpha value is -0.680. The monoisotopic (exact) mass is 188 g/mol. The van der Waals surface area contributed by atoms with E-state index in [1.54, 1.807) is 12.5 Å². The van der Waals surface area contributed by atoms with Crippen LogP contribution in [0.4, 0.5) is 0 Å². The fraction of sp³-hybridized carbons (Fsp3) is 0.571. The summed E-state index contributed by atoms with van der Waals surface area (Å²) < 4.78 is 21.0. The van der Waals surface area contributed by atoms with Gasteiger partial charge in [-0.25, -0.2) is 9.19 Å². The lowest BCUT2D eigenvalue weighted by Crippen LogP contribution is -2.01. The van der Waals surface area contributed by atoms with E-state index in [0.717, 1.165) is 6.54 Å². The van der Waals surface area contributed by atoms with E-state index >= 15 is 0 Å². The van der Waals surface area contributed by atoms with E-state index in [2.05, 4.69) is 18.8 Å². The van der Waals surface area contributed by atoms with Crippen LogP contribution >= 0.6 is 0 Å². The molecule has 68 valence electrons. The summed E-state index contributed by atoms with van der Waals surface area (Å²) in [5, 5.41) is 0.218. The van der Waals surface area contributed by atoms with Crippen molar-refractivity contribution in [1.82, 2.24) is 9.55 Å². The van der Waals surface area contributed by atoms with Gasteiger partial charge < -0.3 is 9.12 Å². The zero-order chi connectivity index (χ0) is 9.14. The van der Waals surface area contributed by atoms with Crippen molar-refractivity contribution in [3.05, 3.63) is 12.5 Å². The molecule has 0 fully saturated rings. The fourth-order valence-electron chi connectivity index (χ4n) is 0.951. The Balaban J connectivity index is 2.71. The molecular formula is C7H12N2O2S. The SMILES string of the molecule is CC(C)Cn1cnc(S(=O)O)c1. The highest BCUT2D eigenvalue weighted by Gasteiger charge is 2.04. The van der Waals surface area contributed by atoms with Crippen LogP contribution in [0.1, 0.15) is 13.8 Å². The predicted octanol–water partition coefficient (Wildman–Crippen LogP) is 1.12. The van der Waals surface area contributed by atoms with Crippen LogP contribution in [0.5, 0.6) is 0 Å². The highest BCUT2D eigenvalue weighted by Crippen LogP contribution is 2.03. The maximum atomic E-state index is 10.5. The smallest absolute Gasteiger partial charge is 0.207 e. The van der Waals surface area contributed by atoms with Gasteiger partial charge >= 0.3 is 0 Å². The quantitative estimate of drug-likeness (QED) is 0.723. The minimum atomic E-state index is -1.95. The molecule has 0 saturated carbocycles. The molecule has 1 N–H and O–H groups in total. The first-order valence-electron chi connectivity index (χ1n) is 3.72. The molecule has 1 aromatic heterocycles. The Morgan fingerprint density at radius 3 is 2.83 bits per heavy atom. The molecule has 0 saturated heterocycles. The summed E-state index contributed by atoms with van der Waals surface area (Å²) in [6, 6.07) is 0. The van der Waals surface area contributed by atoms with Gasteiger partial charge in [0.25, 0.3) is 0 Å². The van der Waals surface area contributed by atoms with Crippen LogP contribution in [-0.2, 0) is 17.6 Å². The van der Waals surface area contributed by atoms with Crippen LogP contribution in [0.3, 0.4) is 0 Å². The van der Waals surface area contributed by atoms with Crippen molar-refractivity contribution in [2.24, 2.45) is 5.92 Å². The summed E-state index contributed by atoms with van der Waals surface area (Å²) in [7, 11) is 0. The first-order valence-corrected chi connectivity index (χ1v) is 4.83. The van der Waals surface area contributed by atoms with Gasteiger partial charge in [0.05, 0.1) is 6.33 Å². The molecule has 4 nitrogen and oxygen atoms in total. The highest BCUT2D eigenvalue weighted by atomic mass is 32.2. The summed E-state index contributed by atoms with van der Waals surface area (Å²) in [5.74, 6) is 0.513. The van der Waals surface area contributed by atoms with Gasteiger partial charge in [0, 0.05) is 12.7 Å². The maximum absolute atomic E-state index is 10.5. The number of imidazole rings is 1. The first-order chi connectivity index (χ1) is 5.59. The molecule has 1 unspecified atom stereocenters. The molecule has 0 radical (unpaired) electrons. The minimum absolute atomic E-state index is 0.218. The van der Waals surface area contributed by atoms with Crippen molar-refractivity contribution >= 4 is 11.1 Å². The van der Waals surface area contributed by atoms with Crippen molar-refractivity contribution in [2.45, 2.75) is 25.4 Å². The summed E-state index contributed by atoms with van der Waals surface area (Å²) in [4.78, 5) is 3.78. The van der Waals surface area contributed by atoms with Gasteiger partial charge in [0.1, 0.15) is 0 Å². The normalized spacial score (nSPS) is 13.7. The zero-order valence-electron chi connectivity index (χ0n) is 7.10. The van der Waals surface area contributed by atoms with Crippen molar-refractivity contribution in [2.75, 3.05) is 0 Å². The van der Waals surface area contributed by atoms with E-state index < -0.39 is 11.1 Å². The van der Waals surface area contributed by atoms with Gasteiger partial charge in [-0.05, 0) is 5.92 Å². The van der Waals surface area contributed by atoms with Gasteiger partial charge in [0.2, 0.25) is 11.1 Å². The number of hydrogen-bond acceptors (Lipinski definition) is 2. The largest absolute Gasteiger partial charge is 0.336 e. The van der Waals surface area contributed by atoms with Crippen LogP contribution in [0.15, 0.2) is 17.6 Å². The maximum Gasteiger partial charge on any atom is 0.207 e. The summed E-state index contributed by atoms with van der Waals surface area (Å²) in [5.41, 5.74) is 0. The number of hydrogen-bond donors (Lipinski definition) is 1. The van der Waals surface area contributed by atoms with Gasteiger partial charge in [-0.2, -0.15) is 0 Å². The molecule has 1 atom stereocenters. The fourth-order valence-corrected chi connectivity index (χ4v) is 1.31. The minimum Gasteiger partial charge on any atom is -0.336 e. The second-order valence-corrected chi connectivity index (χ2v) is 3.97. The zero-order valence-corrected chi connectivity index (χ0v) is 7.91. The summed E-state index contributed by atoms with van der Waals surface area (Å²) in [6.07, 6.45) is 3.17. The number of aromatic nitrogens is 2. The Bertz CT molecular complexity index is 283. The van der Waals surface area contributed by atoms with Crippen molar-refractivity contribution in [1.29, 1.82) is 0 Å². The Morgan fingerprint density at radius 2 is 2.42 bits per heavy atom.